The lowest BCUT2D eigenvalue weighted by atomic mass is 9.99. The number of nitrogens with one attached hydrogen (secondary N) is 2. The van der Waals surface area contributed by atoms with Gasteiger partial charge in [-0.05, 0) is 24.0 Å². The molecule has 31 heavy (non-hydrogen) atoms. The average molecular weight is 433 g/mol. The van der Waals surface area contributed by atoms with Crippen LogP contribution in [0.1, 0.15) is 40.6 Å². The first-order valence-corrected chi connectivity index (χ1v) is 11.4. The first-order valence-electron chi connectivity index (χ1n) is 10.6. The largest absolute Gasteiger partial charge is 0.327 e. The van der Waals surface area contributed by atoms with Crippen molar-refractivity contribution in [2.24, 2.45) is 5.92 Å². The van der Waals surface area contributed by atoms with Gasteiger partial charge in [-0.3, -0.25) is 4.79 Å². The first-order chi connectivity index (χ1) is 15.2. The van der Waals surface area contributed by atoms with Crippen LogP contribution in [-0.2, 0) is 17.8 Å². The molecule has 1 aliphatic carbocycles. The third-order valence-electron chi connectivity index (χ3n) is 5.73. The first kappa shape index (κ1) is 19.8. The SMILES string of the molecule is O=C(Nc1nc2c(s1)CN(C(=O)NC(c1ccccc1)c1ccccc1)CC2)C1CC1. The molecule has 2 aromatic carbocycles. The van der Waals surface area contributed by atoms with Crippen LogP contribution in [0.4, 0.5) is 9.93 Å². The molecule has 0 saturated heterocycles. The molecule has 0 spiro atoms. The number of aromatic nitrogens is 1. The van der Waals surface area contributed by atoms with Gasteiger partial charge in [0.15, 0.2) is 5.13 Å². The molecule has 2 heterocycles. The highest BCUT2D eigenvalue weighted by molar-refractivity contribution is 7.15. The van der Waals surface area contributed by atoms with Crippen LogP contribution in [0.2, 0.25) is 0 Å². The van der Waals surface area contributed by atoms with E-state index in [4.69, 9.17) is 0 Å². The summed E-state index contributed by atoms with van der Waals surface area (Å²) in [4.78, 5) is 32.7. The molecule has 1 aromatic heterocycles. The van der Waals surface area contributed by atoms with Crippen molar-refractivity contribution in [1.82, 2.24) is 15.2 Å². The Balaban J connectivity index is 1.30. The van der Waals surface area contributed by atoms with Crippen molar-refractivity contribution >= 4 is 28.4 Å². The van der Waals surface area contributed by atoms with Crippen molar-refractivity contribution in [3.8, 4) is 0 Å². The zero-order valence-corrected chi connectivity index (χ0v) is 17.9. The second-order valence-electron chi connectivity index (χ2n) is 8.03. The third-order valence-corrected chi connectivity index (χ3v) is 6.73. The molecule has 7 heteroatoms. The number of fused-ring (bicyclic) bond motifs is 1. The molecular weight excluding hydrogens is 408 g/mol. The Morgan fingerprint density at radius 1 is 1.00 bits per heavy atom. The number of benzene rings is 2. The van der Waals surface area contributed by atoms with Gasteiger partial charge in [0.2, 0.25) is 5.91 Å². The van der Waals surface area contributed by atoms with E-state index in [2.05, 4.69) is 15.6 Å². The molecule has 1 aliphatic heterocycles. The van der Waals surface area contributed by atoms with Crippen molar-refractivity contribution in [2.45, 2.75) is 31.8 Å². The number of nitrogens with zero attached hydrogens (tertiary/aromatic N) is 2. The number of urea groups is 1. The van der Waals surface area contributed by atoms with Gasteiger partial charge in [0.05, 0.1) is 18.3 Å². The number of rotatable bonds is 5. The quantitative estimate of drug-likeness (QED) is 0.630. The Morgan fingerprint density at radius 3 is 2.26 bits per heavy atom. The zero-order chi connectivity index (χ0) is 21.2. The number of anilines is 1. The van der Waals surface area contributed by atoms with Gasteiger partial charge in [0.25, 0.3) is 0 Å². The van der Waals surface area contributed by atoms with Gasteiger partial charge in [-0.1, -0.05) is 72.0 Å². The van der Waals surface area contributed by atoms with Crippen LogP contribution in [0.25, 0.3) is 0 Å². The monoisotopic (exact) mass is 432 g/mol. The fraction of sp³-hybridized carbons (Fsp3) is 0.292. The van der Waals surface area contributed by atoms with Crippen LogP contribution in [0.3, 0.4) is 0 Å². The van der Waals surface area contributed by atoms with Gasteiger partial charge < -0.3 is 15.5 Å². The highest BCUT2D eigenvalue weighted by Gasteiger charge is 2.31. The Morgan fingerprint density at radius 2 is 1.65 bits per heavy atom. The van der Waals surface area contributed by atoms with E-state index in [-0.39, 0.29) is 23.9 Å². The third kappa shape index (κ3) is 4.46. The van der Waals surface area contributed by atoms with Gasteiger partial charge in [-0.2, -0.15) is 0 Å². The number of thiazole rings is 1. The smallest absolute Gasteiger partial charge is 0.318 e. The van der Waals surface area contributed by atoms with E-state index in [1.165, 1.54) is 11.3 Å². The van der Waals surface area contributed by atoms with Crippen molar-refractivity contribution in [1.29, 1.82) is 0 Å². The van der Waals surface area contributed by atoms with Crippen molar-refractivity contribution < 1.29 is 9.59 Å². The summed E-state index contributed by atoms with van der Waals surface area (Å²) in [6.45, 7) is 1.11. The highest BCUT2D eigenvalue weighted by Crippen LogP contribution is 2.33. The summed E-state index contributed by atoms with van der Waals surface area (Å²) in [6.07, 6.45) is 2.63. The van der Waals surface area contributed by atoms with Crippen LogP contribution >= 0.6 is 11.3 Å². The Labute approximate surface area is 185 Å². The fourth-order valence-electron chi connectivity index (χ4n) is 3.84. The second-order valence-corrected chi connectivity index (χ2v) is 9.11. The van der Waals surface area contributed by atoms with Crippen molar-refractivity contribution in [3.63, 3.8) is 0 Å². The topological polar surface area (TPSA) is 74.3 Å². The number of carbonyl (C=O) groups is 2. The summed E-state index contributed by atoms with van der Waals surface area (Å²) in [7, 11) is 0. The molecule has 2 N–H and O–H groups in total. The lowest BCUT2D eigenvalue weighted by molar-refractivity contribution is -0.117. The van der Waals surface area contributed by atoms with Crippen LogP contribution in [0.15, 0.2) is 60.7 Å². The van der Waals surface area contributed by atoms with E-state index in [0.717, 1.165) is 34.5 Å². The lowest BCUT2D eigenvalue weighted by Gasteiger charge is -2.29. The van der Waals surface area contributed by atoms with Gasteiger partial charge in [0.1, 0.15) is 0 Å². The molecule has 1 fully saturated rings. The minimum absolute atomic E-state index is 0.0641. The number of carbonyl (C=O) groups excluding carboxylic acids is 2. The Bertz CT molecular complexity index is 1040. The molecule has 2 aliphatic rings. The van der Waals surface area contributed by atoms with E-state index >= 15 is 0 Å². The summed E-state index contributed by atoms with van der Waals surface area (Å²) in [6, 6.07) is 19.7. The number of hydrogen-bond donors (Lipinski definition) is 2. The van der Waals surface area contributed by atoms with Gasteiger partial charge in [0, 0.05) is 23.8 Å². The highest BCUT2D eigenvalue weighted by atomic mass is 32.1. The molecular formula is C24H24N4O2S. The van der Waals surface area contributed by atoms with Gasteiger partial charge in [-0.25, -0.2) is 9.78 Å². The second kappa shape index (κ2) is 8.51. The predicted molar refractivity (Wildman–Crippen MR) is 121 cm³/mol. The summed E-state index contributed by atoms with van der Waals surface area (Å²) in [5, 5.41) is 6.79. The fourth-order valence-corrected chi connectivity index (χ4v) is 4.87. The Hall–Kier alpha value is -3.19. The minimum atomic E-state index is -0.217. The molecule has 3 amide bonds. The maximum absolute atomic E-state index is 13.2. The lowest BCUT2D eigenvalue weighted by Crippen LogP contribution is -2.44. The average Bonchev–Trinajstić information content (AvgIpc) is 3.58. The molecule has 0 atom stereocenters. The van der Waals surface area contributed by atoms with Crippen molar-refractivity contribution in [2.75, 3.05) is 11.9 Å². The van der Waals surface area contributed by atoms with Crippen LogP contribution in [0, 0.1) is 5.92 Å². The maximum atomic E-state index is 13.2. The summed E-state index contributed by atoms with van der Waals surface area (Å²) in [5.41, 5.74) is 3.08. The number of amides is 3. The van der Waals surface area contributed by atoms with Crippen LogP contribution in [-0.4, -0.2) is 28.4 Å². The standard InChI is InChI=1S/C24H24N4O2S/c29-22(18-11-12-18)27-23-25-19-13-14-28(15-20(19)31-23)24(30)26-21(16-7-3-1-4-8-16)17-9-5-2-6-10-17/h1-10,18,21H,11-15H2,(H,26,30)(H,25,27,29). The summed E-state index contributed by atoms with van der Waals surface area (Å²) < 4.78 is 0. The van der Waals surface area contributed by atoms with E-state index in [9.17, 15) is 9.59 Å². The predicted octanol–water partition coefficient (Wildman–Crippen LogP) is 4.35. The molecule has 0 unspecified atom stereocenters. The minimum Gasteiger partial charge on any atom is -0.327 e. The van der Waals surface area contributed by atoms with Gasteiger partial charge >= 0.3 is 6.03 Å². The molecule has 0 bridgehead atoms. The van der Waals surface area contributed by atoms with E-state index in [1.54, 1.807) is 0 Å². The zero-order valence-electron chi connectivity index (χ0n) is 17.1. The molecule has 5 rings (SSSR count). The molecule has 158 valence electrons. The molecule has 1 saturated carbocycles. The molecule has 3 aromatic rings. The van der Waals surface area contributed by atoms with E-state index in [0.29, 0.717) is 24.6 Å². The normalized spacial score (nSPS) is 15.5. The van der Waals surface area contributed by atoms with Crippen molar-refractivity contribution in [3.05, 3.63) is 82.4 Å². The van der Waals surface area contributed by atoms with E-state index in [1.807, 2.05) is 65.6 Å². The number of hydrogen-bond acceptors (Lipinski definition) is 4. The van der Waals surface area contributed by atoms with Gasteiger partial charge in [-0.15, -0.1) is 0 Å². The maximum Gasteiger partial charge on any atom is 0.318 e. The summed E-state index contributed by atoms with van der Waals surface area (Å²) in [5.74, 6) is 0.213. The molecule has 6 nitrogen and oxygen atoms in total. The van der Waals surface area contributed by atoms with Crippen LogP contribution in [0.5, 0.6) is 0 Å². The van der Waals surface area contributed by atoms with Crippen LogP contribution < -0.4 is 10.6 Å². The molecule has 0 radical (unpaired) electrons. The summed E-state index contributed by atoms with van der Waals surface area (Å²) >= 11 is 1.48. The Kier molecular flexibility index (Phi) is 5.42. The van der Waals surface area contributed by atoms with E-state index < -0.39 is 0 Å².